The Morgan fingerprint density at radius 1 is 1.23 bits per heavy atom. The molecule has 0 radical (unpaired) electrons. The van der Waals surface area contributed by atoms with Crippen LogP contribution in [0.15, 0.2) is 22.7 Å². The second-order valence-electron chi connectivity index (χ2n) is 2.77. The molecule has 0 fully saturated rings. The molecule has 0 amide bonds. The lowest BCUT2D eigenvalue weighted by molar-refractivity contribution is 1.00. The Morgan fingerprint density at radius 2 is 2.00 bits per heavy atom. The summed E-state index contributed by atoms with van der Waals surface area (Å²) >= 11 is 9.29. The molecule has 4 heteroatoms. The SMILES string of the molecule is Cc1nnc(Cl)c2cc(Br)ccc12. The molecule has 2 nitrogen and oxygen atoms in total. The van der Waals surface area contributed by atoms with Crippen molar-refractivity contribution in [2.24, 2.45) is 0 Å². The van der Waals surface area contributed by atoms with Crippen LogP contribution in [0.4, 0.5) is 0 Å². The van der Waals surface area contributed by atoms with Crippen LogP contribution in [0.25, 0.3) is 10.8 Å². The Hall–Kier alpha value is -0.670. The quantitative estimate of drug-likeness (QED) is 0.723. The topological polar surface area (TPSA) is 25.8 Å². The van der Waals surface area contributed by atoms with Crippen LogP contribution >= 0.6 is 27.5 Å². The molecule has 2 aromatic rings. The van der Waals surface area contributed by atoms with Gasteiger partial charge in [0, 0.05) is 15.2 Å². The van der Waals surface area contributed by atoms with Crippen molar-refractivity contribution in [1.29, 1.82) is 0 Å². The van der Waals surface area contributed by atoms with E-state index in [1.807, 2.05) is 25.1 Å². The summed E-state index contributed by atoms with van der Waals surface area (Å²) in [7, 11) is 0. The molecule has 0 saturated carbocycles. The molecule has 1 heterocycles. The highest BCUT2D eigenvalue weighted by molar-refractivity contribution is 9.10. The number of halogens is 2. The number of aromatic nitrogens is 2. The first-order chi connectivity index (χ1) is 6.18. The van der Waals surface area contributed by atoms with E-state index < -0.39 is 0 Å². The minimum absolute atomic E-state index is 0.446. The van der Waals surface area contributed by atoms with Crippen molar-refractivity contribution < 1.29 is 0 Å². The van der Waals surface area contributed by atoms with Crippen LogP contribution in [0.1, 0.15) is 5.69 Å². The number of fused-ring (bicyclic) bond motifs is 1. The zero-order valence-corrected chi connectivity index (χ0v) is 9.22. The van der Waals surface area contributed by atoms with E-state index in [4.69, 9.17) is 11.6 Å². The number of hydrogen-bond acceptors (Lipinski definition) is 2. The average molecular weight is 258 g/mol. The molecule has 0 aliphatic heterocycles. The van der Waals surface area contributed by atoms with Gasteiger partial charge in [-0.05, 0) is 19.1 Å². The van der Waals surface area contributed by atoms with E-state index in [0.29, 0.717) is 5.15 Å². The van der Waals surface area contributed by atoms with Crippen molar-refractivity contribution in [3.8, 4) is 0 Å². The zero-order valence-electron chi connectivity index (χ0n) is 6.88. The van der Waals surface area contributed by atoms with Crippen LogP contribution in [-0.2, 0) is 0 Å². The van der Waals surface area contributed by atoms with Crippen LogP contribution in [-0.4, -0.2) is 10.2 Å². The Morgan fingerprint density at radius 3 is 2.77 bits per heavy atom. The van der Waals surface area contributed by atoms with E-state index in [2.05, 4.69) is 26.1 Å². The molecule has 0 atom stereocenters. The van der Waals surface area contributed by atoms with Crippen molar-refractivity contribution in [2.75, 3.05) is 0 Å². The minimum atomic E-state index is 0.446. The Labute approximate surface area is 89.1 Å². The fraction of sp³-hybridized carbons (Fsp3) is 0.111. The Bertz CT molecular complexity index is 470. The summed E-state index contributed by atoms with van der Waals surface area (Å²) < 4.78 is 0.995. The summed E-state index contributed by atoms with van der Waals surface area (Å²) in [4.78, 5) is 0. The lowest BCUT2D eigenvalue weighted by Gasteiger charge is -2.01. The normalized spacial score (nSPS) is 10.7. The molecule has 1 aromatic heterocycles. The van der Waals surface area contributed by atoms with Crippen molar-refractivity contribution in [2.45, 2.75) is 6.92 Å². The molecule has 2 rings (SSSR count). The third kappa shape index (κ3) is 1.54. The molecule has 0 aliphatic carbocycles. The summed E-state index contributed by atoms with van der Waals surface area (Å²) in [5.41, 5.74) is 0.895. The van der Waals surface area contributed by atoms with E-state index in [1.165, 1.54) is 0 Å². The van der Waals surface area contributed by atoms with Gasteiger partial charge in [0.05, 0.1) is 5.69 Å². The van der Waals surface area contributed by atoms with Gasteiger partial charge in [-0.3, -0.25) is 0 Å². The van der Waals surface area contributed by atoms with Crippen molar-refractivity contribution in [3.63, 3.8) is 0 Å². The van der Waals surface area contributed by atoms with Gasteiger partial charge in [-0.25, -0.2) is 0 Å². The smallest absolute Gasteiger partial charge is 0.154 e. The Kier molecular flexibility index (Phi) is 2.22. The molecule has 0 unspecified atom stereocenters. The molecular weight excluding hydrogens is 251 g/mol. The first-order valence-corrected chi connectivity index (χ1v) is 4.93. The van der Waals surface area contributed by atoms with E-state index in [0.717, 1.165) is 20.9 Å². The highest BCUT2D eigenvalue weighted by atomic mass is 79.9. The number of nitrogens with zero attached hydrogens (tertiary/aromatic N) is 2. The van der Waals surface area contributed by atoms with Crippen molar-refractivity contribution in [1.82, 2.24) is 10.2 Å². The van der Waals surface area contributed by atoms with Crippen LogP contribution in [0.5, 0.6) is 0 Å². The highest BCUT2D eigenvalue weighted by Crippen LogP contribution is 2.25. The van der Waals surface area contributed by atoms with Gasteiger partial charge in [0.15, 0.2) is 5.15 Å². The summed E-state index contributed by atoms with van der Waals surface area (Å²) in [6.45, 7) is 1.92. The third-order valence-electron chi connectivity index (χ3n) is 1.88. The molecule has 1 aromatic carbocycles. The van der Waals surface area contributed by atoms with Crippen molar-refractivity contribution in [3.05, 3.63) is 33.5 Å². The standard InChI is InChI=1S/C9H6BrClN2/c1-5-7-3-2-6(10)4-8(7)9(11)13-12-5/h2-4H,1H3. The maximum atomic E-state index is 5.91. The second kappa shape index (κ2) is 3.24. The van der Waals surface area contributed by atoms with Gasteiger partial charge in [-0.1, -0.05) is 33.6 Å². The molecular formula is C9H6BrClN2. The fourth-order valence-electron chi connectivity index (χ4n) is 1.23. The zero-order chi connectivity index (χ0) is 9.42. The summed E-state index contributed by atoms with van der Waals surface area (Å²) in [5.74, 6) is 0. The van der Waals surface area contributed by atoms with Crippen LogP contribution in [0.3, 0.4) is 0 Å². The van der Waals surface area contributed by atoms with Gasteiger partial charge in [-0.15, -0.1) is 5.10 Å². The van der Waals surface area contributed by atoms with Crippen LogP contribution in [0.2, 0.25) is 5.15 Å². The predicted octanol–water partition coefficient (Wildman–Crippen LogP) is 3.35. The lowest BCUT2D eigenvalue weighted by atomic mass is 10.1. The maximum Gasteiger partial charge on any atom is 0.159 e. The lowest BCUT2D eigenvalue weighted by Crippen LogP contribution is -1.89. The molecule has 0 saturated heterocycles. The number of aryl methyl sites for hydroxylation is 1. The number of benzene rings is 1. The summed E-state index contributed by atoms with van der Waals surface area (Å²) in [5, 5.41) is 10.2. The van der Waals surface area contributed by atoms with Gasteiger partial charge in [0.1, 0.15) is 0 Å². The first kappa shape index (κ1) is 8.91. The van der Waals surface area contributed by atoms with Crippen LogP contribution < -0.4 is 0 Å². The third-order valence-corrected chi connectivity index (χ3v) is 2.65. The van der Waals surface area contributed by atoms with E-state index in [9.17, 15) is 0 Å². The fourth-order valence-corrected chi connectivity index (χ4v) is 1.78. The molecule has 0 spiro atoms. The van der Waals surface area contributed by atoms with E-state index in [1.54, 1.807) is 0 Å². The molecule has 0 aliphatic rings. The van der Waals surface area contributed by atoms with E-state index in [-0.39, 0.29) is 0 Å². The molecule has 0 N–H and O–H groups in total. The van der Waals surface area contributed by atoms with Gasteiger partial charge < -0.3 is 0 Å². The molecule has 13 heavy (non-hydrogen) atoms. The highest BCUT2D eigenvalue weighted by Gasteiger charge is 2.04. The van der Waals surface area contributed by atoms with Gasteiger partial charge in [-0.2, -0.15) is 5.10 Å². The van der Waals surface area contributed by atoms with Gasteiger partial charge in [0.2, 0.25) is 0 Å². The van der Waals surface area contributed by atoms with E-state index >= 15 is 0 Å². The van der Waals surface area contributed by atoms with Gasteiger partial charge >= 0.3 is 0 Å². The number of hydrogen-bond donors (Lipinski definition) is 0. The average Bonchev–Trinajstić information content (AvgIpc) is 2.12. The van der Waals surface area contributed by atoms with Crippen molar-refractivity contribution >= 4 is 38.3 Å². The predicted molar refractivity (Wildman–Crippen MR) is 57.0 cm³/mol. The first-order valence-electron chi connectivity index (χ1n) is 3.76. The maximum absolute atomic E-state index is 5.91. The minimum Gasteiger partial charge on any atom is -0.154 e. The monoisotopic (exact) mass is 256 g/mol. The summed E-state index contributed by atoms with van der Waals surface area (Å²) in [6, 6.07) is 5.89. The molecule has 0 bridgehead atoms. The largest absolute Gasteiger partial charge is 0.159 e. The Balaban J connectivity index is 2.92. The molecule has 66 valence electrons. The van der Waals surface area contributed by atoms with Crippen LogP contribution in [0, 0.1) is 6.92 Å². The second-order valence-corrected chi connectivity index (χ2v) is 4.04. The number of rotatable bonds is 0. The van der Waals surface area contributed by atoms with Gasteiger partial charge in [0.25, 0.3) is 0 Å². The summed E-state index contributed by atoms with van der Waals surface area (Å²) in [6.07, 6.45) is 0.